The molecule has 1 aromatic carbocycles. The number of nitrogens with one attached hydrogen (secondary N) is 1. The Labute approximate surface area is 148 Å². The van der Waals surface area contributed by atoms with Gasteiger partial charge in [-0.2, -0.15) is 13.2 Å². The van der Waals surface area contributed by atoms with Crippen LogP contribution in [0.2, 0.25) is 0 Å². The van der Waals surface area contributed by atoms with E-state index in [9.17, 15) is 27.6 Å². The monoisotopic (exact) mass is 374 g/mol. The molecule has 1 aromatic rings. The number of primary amides is 1. The summed E-state index contributed by atoms with van der Waals surface area (Å²) < 4.78 is 42.9. The predicted molar refractivity (Wildman–Crippen MR) is 86.7 cm³/mol. The van der Waals surface area contributed by atoms with Gasteiger partial charge in [0.15, 0.2) is 0 Å². The second-order valence-electron chi connectivity index (χ2n) is 5.79. The van der Waals surface area contributed by atoms with E-state index >= 15 is 0 Å². The smallest absolute Gasteiger partial charge is 0.416 e. The summed E-state index contributed by atoms with van der Waals surface area (Å²) in [6.07, 6.45) is -4.94. The summed E-state index contributed by atoms with van der Waals surface area (Å²) in [6, 6.07) is 3.19. The molecular formula is C17H21F3N2O4. The minimum Gasteiger partial charge on any atom is -0.466 e. The van der Waals surface area contributed by atoms with Crippen molar-refractivity contribution in [2.24, 2.45) is 11.7 Å². The molecule has 144 valence electrons. The fourth-order valence-corrected chi connectivity index (χ4v) is 2.27. The van der Waals surface area contributed by atoms with Gasteiger partial charge in [-0.25, -0.2) is 0 Å². The number of carbonyl (C=O) groups excluding carboxylic acids is 3. The van der Waals surface area contributed by atoms with E-state index in [1.807, 2.05) is 0 Å². The van der Waals surface area contributed by atoms with Crippen LogP contribution in [0.25, 0.3) is 0 Å². The number of benzene rings is 1. The number of amides is 2. The van der Waals surface area contributed by atoms with Crippen molar-refractivity contribution >= 4 is 17.8 Å². The van der Waals surface area contributed by atoms with Crippen molar-refractivity contribution in [2.45, 2.75) is 38.9 Å². The van der Waals surface area contributed by atoms with Crippen molar-refractivity contribution in [1.82, 2.24) is 5.32 Å². The van der Waals surface area contributed by atoms with Crippen molar-refractivity contribution in [2.75, 3.05) is 6.61 Å². The molecule has 0 aliphatic rings. The zero-order chi connectivity index (χ0) is 19.9. The molecule has 0 fully saturated rings. The van der Waals surface area contributed by atoms with Gasteiger partial charge in [0.2, 0.25) is 11.8 Å². The molecule has 0 radical (unpaired) electrons. The summed E-state index contributed by atoms with van der Waals surface area (Å²) in [4.78, 5) is 35.2. The third kappa shape index (κ3) is 6.73. The Morgan fingerprint density at radius 1 is 1.27 bits per heavy atom. The normalized spacial score (nSPS) is 13.6. The minimum absolute atomic E-state index is 0.0670. The maximum absolute atomic E-state index is 12.7. The number of carbonyl (C=O) groups is 3. The van der Waals surface area contributed by atoms with E-state index in [-0.39, 0.29) is 25.0 Å². The van der Waals surface area contributed by atoms with E-state index in [1.54, 1.807) is 6.92 Å². The highest BCUT2D eigenvalue weighted by atomic mass is 19.4. The van der Waals surface area contributed by atoms with Crippen LogP contribution in [0.3, 0.4) is 0 Å². The lowest BCUT2D eigenvalue weighted by Crippen LogP contribution is -2.46. The summed E-state index contributed by atoms with van der Waals surface area (Å²) in [5, 5.41) is 2.35. The van der Waals surface area contributed by atoms with Gasteiger partial charge in [-0.05, 0) is 25.0 Å². The largest absolute Gasteiger partial charge is 0.466 e. The maximum Gasteiger partial charge on any atom is 0.416 e. The predicted octanol–water partition coefficient (Wildman–Crippen LogP) is 1.81. The molecule has 0 heterocycles. The lowest BCUT2D eigenvalue weighted by molar-refractivity contribution is -0.148. The molecule has 0 saturated carbocycles. The van der Waals surface area contributed by atoms with Crippen LogP contribution < -0.4 is 11.1 Å². The van der Waals surface area contributed by atoms with Gasteiger partial charge in [0.05, 0.1) is 24.5 Å². The number of nitrogens with two attached hydrogens (primary N) is 1. The van der Waals surface area contributed by atoms with Gasteiger partial charge in [-0.15, -0.1) is 0 Å². The molecule has 0 bridgehead atoms. The van der Waals surface area contributed by atoms with Crippen LogP contribution in [0.15, 0.2) is 24.3 Å². The molecule has 0 saturated heterocycles. The van der Waals surface area contributed by atoms with Crippen LogP contribution in [-0.4, -0.2) is 30.4 Å². The van der Waals surface area contributed by atoms with Crippen molar-refractivity contribution in [3.8, 4) is 0 Å². The number of alkyl halides is 3. The van der Waals surface area contributed by atoms with Crippen molar-refractivity contribution in [3.05, 3.63) is 35.4 Å². The summed E-state index contributed by atoms with van der Waals surface area (Å²) in [5.41, 5.74) is 4.50. The molecular weight excluding hydrogens is 353 g/mol. The average Bonchev–Trinajstić information content (AvgIpc) is 2.53. The Morgan fingerprint density at radius 3 is 2.46 bits per heavy atom. The van der Waals surface area contributed by atoms with Gasteiger partial charge in [-0.1, -0.05) is 25.1 Å². The van der Waals surface area contributed by atoms with E-state index in [2.05, 4.69) is 5.32 Å². The first kappa shape index (κ1) is 21.5. The Bertz CT molecular complexity index is 662. The van der Waals surface area contributed by atoms with Crippen molar-refractivity contribution in [1.29, 1.82) is 0 Å². The molecule has 2 atom stereocenters. The van der Waals surface area contributed by atoms with E-state index in [1.165, 1.54) is 19.1 Å². The van der Waals surface area contributed by atoms with Crippen molar-refractivity contribution < 1.29 is 32.3 Å². The molecule has 0 aliphatic heterocycles. The van der Waals surface area contributed by atoms with Gasteiger partial charge in [-0.3, -0.25) is 14.4 Å². The third-order valence-corrected chi connectivity index (χ3v) is 3.58. The molecule has 6 nitrogen and oxygen atoms in total. The minimum atomic E-state index is -4.52. The molecule has 1 rings (SSSR count). The van der Waals surface area contributed by atoms with Gasteiger partial charge in [0.25, 0.3) is 0 Å². The number of ether oxygens (including phenoxy) is 1. The number of rotatable bonds is 8. The first-order valence-electron chi connectivity index (χ1n) is 7.96. The second kappa shape index (κ2) is 9.21. The fourth-order valence-electron chi connectivity index (χ4n) is 2.27. The Morgan fingerprint density at radius 2 is 1.92 bits per heavy atom. The van der Waals surface area contributed by atoms with E-state index in [0.29, 0.717) is 0 Å². The van der Waals surface area contributed by atoms with Gasteiger partial charge < -0.3 is 15.8 Å². The Balaban J connectivity index is 2.74. The Kier molecular flexibility index (Phi) is 7.60. The van der Waals surface area contributed by atoms with Gasteiger partial charge >= 0.3 is 12.1 Å². The first-order valence-corrected chi connectivity index (χ1v) is 7.96. The lowest BCUT2D eigenvalue weighted by atomic mass is 10.0. The van der Waals surface area contributed by atoms with Gasteiger partial charge in [0.1, 0.15) is 6.04 Å². The quantitative estimate of drug-likeness (QED) is 0.678. The van der Waals surface area contributed by atoms with Crippen LogP contribution >= 0.6 is 0 Å². The summed E-state index contributed by atoms with van der Waals surface area (Å²) >= 11 is 0. The first-order chi connectivity index (χ1) is 12.0. The highest BCUT2D eigenvalue weighted by Crippen LogP contribution is 2.29. The molecule has 2 amide bonds. The summed E-state index contributed by atoms with van der Waals surface area (Å²) in [7, 11) is 0. The number of esters is 1. The lowest BCUT2D eigenvalue weighted by Gasteiger charge is -2.19. The molecule has 3 N–H and O–H groups in total. The number of hydrogen-bond acceptors (Lipinski definition) is 4. The number of halogens is 3. The topological polar surface area (TPSA) is 98.5 Å². The third-order valence-electron chi connectivity index (χ3n) is 3.58. The summed E-state index contributed by atoms with van der Waals surface area (Å²) in [6.45, 7) is 3.33. The van der Waals surface area contributed by atoms with Crippen LogP contribution in [0, 0.1) is 5.92 Å². The van der Waals surface area contributed by atoms with Crippen LogP contribution in [0.1, 0.15) is 31.4 Å². The van der Waals surface area contributed by atoms with Crippen LogP contribution in [-0.2, 0) is 31.7 Å². The van der Waals surface area contributed by atoms with Crippen LogP contribution in [0.4, 0.5) is 13.2 Å². The van der Waals surface area contributed by atoms with Gasteiger partial charge in [0, 0.05) is 0 Å². The highest BCUT2D eigenvalue weighted by Gasteiger charge is 2.30. The van der Waals surface area contributed by atoms with Crippen LogP contribution in [0.5, 0.6) is 0 Å². The van der Waals surface area contributed by atoms with E-state index in [0.717, 1.165) is 12.1 Å². The second-order valence-corrected chi connectivity index (χ2v) is 5.79. The molecule has 0 aliphatic carbocycles. The molecule has 26 heavy (non-hydrogen) atoms. The fraction of sp³-hybridized carbons (Fsp3) is 0.471. The SMILES string of the molecule is CCOC(=O)[C@H](C)C[C@@H](NC(=O)Cc1cccc(C(F)(F)F)c1)C(N)=O. The standard InChI is InChI=1S/C17H21F3N2O4/c1-3-26-16(25)10(2)7-13(15(21)24)22-14(23)9-11-5-4-6-12(8-11)17(18,19)20/h4-6,8,10,13H,3,7,9H2,1-2H3,(H2,21,24)(H,22,23)/t10-,13-/m1/s1. The molecule has 0 aromatic heterocycles. The molecule has 9 heteroatoms. The number of hydrogen-bond donors (Lipinski definition) is 2. The highest BCUT2D eigenvalue weighted by molar-refractivity contribution is 5.88. The van der Waals surface area contributed by atoms with Crippen molar-refractivity contribution in [3.63, 3.8) is 0 Å². The molecule has 0 unspecified atom stereocenters. The maximum atomic E-state index is 12.7. The van der Waals surface area contributed by atoms with E-state index < -0.39 is 41.5 Å². The summed E-state index contributed by atoms with van der Waals surface area (Å²) in [5.74, 6) is -2.74. The Hall–Kier alpha value is -2.58. The van der Waals surface area contributed by atoms with E-state index in [4.69, 9.17) is 10.5 Å². The zero-order valence-electron chi connectivity index (χ0n) is 14.4. The zero-order valence-corrected chi connectivity index (χ0v) is 14.4. The molecule has 0 spiro atoms. The average molecular weight is 374 g/mol.